The van der Waals surface area contributed by atoms with Crippen molar-refractivity contribution in [2.45, 2.75) is 26.8 Å². The molecule has 1 heterocycles. The molecule has 0 N–H and O–H groups in total. The fourth-order valence-corrected chi connectivity index (χ4v) is 2.79. The van der Waals surface area contributed by atoms with E-state index in [1.807, 2.05) is 38.1 Å². The minimum Gasteiger partial charge on any atom is -0.329 e. The van der Waals surface area contributed by atoms with Gasteiger partial charge in [-0.05, 0) is 25.1 Å². The van der Waals surface area contributed by atoms with Gasteiger partial charge in [0.05, 0.1) is 0 Å². The third-order valence-corrected chi connectivity index (χ3v) is 4.05. The van der Waals surface area contributed by atoms with Crippen LogP contribution in [-0.2, 0) is 9.59 Å². The van der Waals surface area contributed by atoms with Crippen LogP contribution in [0, 0.1) is 5.92 Å². The van der Waals surface area contributed by atoms with Crippen LogP contribution >= 0.6 is 15.9 Å². The molecule has 1 aromatic carbocycles. The Morgan fingerprint density at radius 3 is 2.65 bits per heavy atom. The summed E-state index contributed by atoms with van der Waals surface area (Å²) >= 11 is 3.42. The van der Waals surface area contributed by atoms with Crippen molar-refractivity contribution in [1.29, 1.82) is 0 Å². The lowest BCUT2D eigenvalue weighted by atomic mass is 10.1. The second kappa shape index (κ2) is 5.95. The average Bonchev–Trinajstić information content (AvgIpc) is 2.41. The maximum absolute atomic E-state index is 12.5. The Hall–Kier alpha value is -1.36. The molecule has 5 heteroatoms. The SMILES string of the molecule is CC(C)C(=O)N1CCN(c2cccc(Br)c2)C(=O)C1C. The number of hydrogen-bond donors (Lipinski definition) is 0. The summed E-state index contributed by atoms with van der Waals surface area (Å²) in [6.45, 7) is 6.64. The van der Waals surface area contributed by atoms with Crippen LogP contribution in [0.2, 0.25) is 0 Å². The van der Waals surface area contributed by atoms with Crippen LogP contribution in [-0.4, -0.2) is 35.8 Å². The fourth-order valence-electron chi connectivity index (χ4n) is 2.40. The van der Waals surface area contributed by atoms with Gasteiger partial charge in [-0.3, -0.25) is 9.59 Å². The van der Waals surface area contributed by atoms with E-state index in [4.69, 9.17) is 0 Å². The van der Waals surface area contributed by atoms with E-state index in [0.29, 0.717) is 13.1 Å². The molecular formula is C15H19BrN2O2. The normalized spacial score (nSPS) is 19.6. The van der Waals surface area contributed by atoms with Crippen molar-refractivity contribution in [3.05, 3.63) is 28.7 Å². The molecule has 2 amide bonds. The van der Waals surface area contributed by atoms with E-state index in [0.717, 1.165) is 10.2 Å². The molecule has 1 fully saturated rings. The Morgan fingerprint density at radius 1 is 1.35 bits per heavy atom. The van der Waals surface area contributed by atoms with E-state index in [1.165, 1.54) is 0 Å². The Labute approximate surface area is 127 Å². The number of carbonyl (C=O) groups excluding carboxylic acids is 2. The van der Waals surface area contributed by atoms with E-state index < -0.39 is 6.04 Å². The summed E-state index contributed by atoms with van der Waals surface area (Å²) in [6, 6.07) is 7.26. The highest BCUT2D eigenvalue weighted by Crippen LogP contribution is 2.24. The third kappa shape index (κ3) is 2.87. The molecule has 0 radical (unpaired) electrons. The van der Waals surface area contributed by atoms with Crippen LogP contribution in [0.5, 0.6) is 0 Å². The Kier molecular flexibility index (Phi) is 4.48. The standard InChI is InChI=1S/C15H19BrN2O2/c1-10(2)14(19)17-7-8-18(15(20)11(17)3)13-6-4-5-12(16)9-13/h4-6,9-11H,7-8H2,1-3H3. The second-order valence-electron chi connectivity index (χ2n) is 5.33. The first-order chi connectivity index (χ1) is 9.41. The van der Waals surface area contributed by atoms with E-state index >= 15 is 0 Å². The number of hydrogen-bond acceptors (Lipinski definition) is 2. The number of nitrogens with zero attached hydrogens (tertiary/aromatic N) is 2. The van der Waals surface area contributed by atoms with E-state index in [-0.39, 0.29) is 17.7 Å². The number of carbonyl (C=O) groups is 2. The van der Waals surface area contributed by atoms with Gasteiger partial charge < -0.3 is 9.80 Å². The summed E-state index contributed by atoms with van der Waals surface area (Å²) in [6.07, 6.45) is 0. The predicted molar refractivity (Wildman–Crippen MR) is 82.5 cm³/mol. The minimum atomic E-state index is -0.405. The zero-order valence-electron chi connectivity index (χ0n) is 12.0. The van der Waals surface area contributed by atoms with Crippen molar-refractivity contribution in [3.63, 3.8) is 0 Å². The highest BCUT2D eigenvalue weighted by Gasteiger charge is 2.35. The van der Waals surface area contributed by atoms with Crippen LogP contribution in [0.25, 0.3) is 0 Å². The summed E-state index contributed by atoms with van der Waals surface area (Å²) in [4.78, 5) is 28.0. The zero-order chi connectivity index (χ0) is 14.9. The van der Waals surface area contributed by atoms with Crippen LogP contribution < -0.4 is 4.90 Å². The lowest BCUT2D eigenvalue weighted by Gasteiger charge is -2.39. The third-order valence-electron chi connectivity index (χ3n) is 3.55. The number of benzene rings is 1. The maximum atomic E-state index is 12.5. The summed E-state index contributed by atoms with van der Waals surface area (Å²) in [5.41, 5.74) is 0.868. The molecule has 1 unspecified atom stereocenters. The monoisotopic (exact) mass is 338 g/mol. The number of halogens is 1. The second-order valence-corrected chi connectivity index (χ2v) is 6.25. The summed E-state index contributed by atoms with van der Waals surface area (Å²) in [5.74, 6) is -0.0641. The van der Waals surface area contributed by atoms with Crippen LogP contribution in [0.4, 0.5) is 5.69 Å². The molecule has 0 aromatic heterocycles. The van der Waals surface area contributed by atoms with E-state index in [2.05, 4.69) is 15.9 Å². The quantitative estimate of drug-likeness (QED) is 0.831. The maximum Gasteiger partial charge on any atom is 0.249 e. The molecule has 1 saturated heterocycles. The van der Waals surface area contributed by atoms with Gasteiger partial charge in [0.2, 0.25) is 11.8 Å². The first-order valence-corrected chi connectivity index (χ1v) is 7.58. The molecule has 0 aliphatic carbocycles. The van der Waals surface area contributed by atoms with Gasteiger partial charge in [-0.25, -0.2) is 0 Å². The van der Waals surface area contributed by atoms with Crippen molar-refractivity contribution in [2.24, 2.45) is 5.92 Å². The Morgan fingerprint density at radius 2 is 2.05 bits per heavy atom. The number of amides is 2. The molecule has 4 nitrogen and oxygen atoms in total. The van der Waals surface area contributed by atoms with E-state index in [9.17, 15) is 9.59 Å². The topological polar surface area (TPSA) is 40.6 Å². The molecule has 0 bridgehead atoms. The lowest BCUT2D eigenvalue weighted by molar-refractivity contribution is -0.143. The highest BCUT2D eigenvalue weighted by molar-refractivity contribution is 9.10. The molecule has 1 aliphatic heterocycles. The van der Waals surface area contributed by atoms with Gasteiger partial charge in [0.1, 0.15) is 6.04 Å². The predicted octanol–water partition coefficient (Wildman–Crippen LogP) is 2.67. The Balaban J connectivity index is 2.19. The van der Waals surface area contributed by atoms with Crippen LogP contribution in [0.15, 0.2) is 28.7 Å². The van der Waals surface area contributed by atoms with Crippen LogP contribution in [0.3, 0.4) is 0 Å². The lowest BCUT2D eigenvalue weighted by Crippen LogP contribution is -2.58. The van der Waals surface area contributed by atoms with Crippen molar-refractivity contribution in [3.8, 4) is 0 Å². The van der Waals surface area contributed by atoms with Gasteiger partial charge in [-0.1, -0.05) is 35.8 Å². The van der Waals surface area contributed by atoms with Gasteiger partial charge in [-0.2, -0.15) is 0 Å². The molecule has 108 valence electrons. The van der Waals surface area contributed by atoms with Gasteiger partial charge in [-0.15, -0.1) is 0 Å². The number of rotatable bonds is 2. The Bertz CT molecular complexity index is 530. The van der Waals surface area contributed by atoms with Crippen molar-refractivity contribution in [1.82, 2.24) is 4.90 Å². The van der Waals surface area contributed by atoms with Gasteiger partial charge in [0.15, 0.2) is 0 Å². The molecule has 0 spiro atoms. The summed E-state index contributed by atoms with van der Waals surface area (Å²) in [7, 11) is 0. The average molecular weight is 339 g/mol. The summed E-state index contributed by atoms with van der Waals surface area (Å²) in [5, 5.41) is 0. The van der Waals surface area contributed by atoms with E-state index in [1.54, 1.807) is 16.7 Å². The molecular weight excluding hydrogens is 320 g/mol. The number of anilines is 1. The number of piperazine rings is 1. The van der Waals surface area contributed by atoms with Gasteiger partial charge in [0.25, 0.3) is 0 Å². The molecule has 2 rings (SSSR count). The fraction of sp³-hybridized carbons (Fsp3) is 0.467. The highest BCUT2D eigenvalue weighted by atomic mass is 79.9. The molecule has 1 aliphatic rings. The zero-order valence-corrected chi connectivity index (χ0v) is 13.6. The van der Waals surface area contributed by atoms with Crippen molar-refractivity contribution < 1.29 is 9.59 Å². The largest absolute Gasteiger partial charge is 0.329 e. The molecule has 20 heavy (non-hydrogen) atoms. The minimum absolute atomic E-state index is 0.0247. The first kappa shape index (κ1) is 15.0. The summed E-state index contributed by atoms with van der Waals surface area (Å²) < 4.78 is 0.941. The van der Waals surface area contributed by atoms with Gasteiger partial charge in [0, 0.05) is 29.2 Å². The smallest absolute Gasteiger partial charge is 0.249 e. The van der Waals surface area contributed by atoms with Crippen LogP contribution in [0.1, 0.15) is 20.8 Å². The molecule has 1 aromatic rings. The molecule has 0 saturated carbocycles. The van der Waals surface area contributed by atoms with Crippen molar-refractivity contribution >= 4 is 33.4 Å². The van der Waals surface area contributed by atoms with Gasteiger partial charge >= 0.3 is 0 Å². The molecule has 1 atom stereocenters. The first-order valence-electron chi connectivity index (χ1n) is 6.79. The van der Waals surface area contributed by atoms with Crippen molar-refractivity contribution in [2.75, 3.05) is 18.0 Å².